The Morgan fingerprint density at radius 1 is 1.09 bits per heavy atom. The van der Waals surface area contributed by atoms with Gasteiger partial charge in [0.1, 0.15) is 27.5 Å². The number of aromatic nitrogens is 4. The van der Waals surface area contributed by atoms with Crippen LogP contribution in [-0.2, 0) is 12.7 Å². The van der Waals surface area contributed by atoms with Gasteiger partial charge in [-0.25, -0.2) is 14.6 Å². The molecule has 4 heterocycles. The molecule has 10 nitrogen and oxygen atoms in total. The topological polar surface area (TPSA) is 115 Å². The van der Waals surface area contributed by atoms with Crippen molar-refractivity contribution in [1.29, 1.82) is 0 Å². The summed E-state index contributed by atoms with van der Waals surface area (Å²) >= 11 is 0.364. The van der Waals surface area contributed by atoms with E-state index in [1.807, 2.05) is 28.9 Å². The molecule has 0 saturated carbocycles. The van der Waals surface area contributed by atoms with Crippen LogP contribution in [-0.4, -0.2) is 51.9 Å². The summed E-state index contributed by atoms with van der Waals surface area (Å²) in [5.74, 6) is 1.82. The summed E-state index contributed by atoms with van der Waals surface area (Å²) in [6, 6.07) is 16.0. The highest BCUT2D eigenvalue weighted by Gasteiger charge is 2.33. The Morgan fingerprint density at radius 2 is 1.86 bits per heavy atom. The molecule has 3 aromatic heterocycles. The van der Waals surface area contributed by atoms with Gasteiger partial charge >= 0.3 is 6.18 Å². The van der Waals surface area contributed by atoms with Gasteiger partial charge in [-0.1, -0.05) is 23.5 Å². The quantitative estimate of drug-likeness (QED) is 0.179. The molecule has 0 spiro atoms. The SMILES string of the molecule is COc1ccc(Cn2nc(N[C@@H]3CCCNC3)c3c(Oc4ccc(C(=O)Nc5ncc(C(F)(F)F)s5)cc4)ccnc32)cc1. The van der Waals surface area contributed by atoms with E-state index in [9.17, 15) is 18.0 Å². The van der Waals surface area contributed by atoms with E-state index in [1.165, 1.54) is 12.1 Å². The highest BCUT2D eigenvalue weighted by Crippen LogP contribution is 2.36. The van der Waals surface area contributed by atoms with Crippen LogP contribution in [0.4, 0.5) is 24.1 Å². The molecule has 0 unspecified atom stereocenters. The number of benzene rings is 2. The van der Waals surface area contributed by atoms with Gasteiger partial charge in [-0.05, 0) is 61.3 Å². The maximum Gasteiger partial charge on any atom is 0.427 e. The minimum atomic E-state index is -4.52. The van der Waals surface area contributed by atoms with Gasteiger partial charge in [0, 0.05) is 30.4 Å². The first-order valence-electron chi connectivity index (χ1n) is 13.8. The number of methoxy groups -OCH3 is 1. The number of piperidine rings is 1. The standard InChI is InChI=1S/C30H28F3N7O3S/c1-42-21-8-4-18(5-9-21)17-40-27-25(26(39-40)37-20-3-2-13-34-15-20)23(12-14-35-27)43-22-10-6-19(7-11-22)28(41)38-29-36-16-24(44-29)30(31,32)33/h4-12,14,16,20,34H,2-3,13,15,17H2,1H3,(H,37,39)(H,36,38,41)/t20-/m1/s1. The Balaban J connectivity index is 1.24. The van der Waals surface area contributed by atoms with Crippen LogP contribution in [0.1, 0.15) is 33.6 Å². The summed E-state index contributed by atoms with van der Waals surface area (Å²) in [6.07, 6.45) is -0.124. The average molecular weight is 624 g/mol. The maximum absolute atomic E-state index is 12.9. The van der Waals surface area contributed by atoms with Crippen LogP contribution in [0.25, 0.3) is 11.0 Å². The largest absolute Gasteiger partial charge is 0.497 e. The summed E-state index contributed by atoms with van der Waals surface area (Å²) in [5, 5.41) is 14.9. The van der Waals surface area contributed by atoms with Crippen molar-refractivity contribution in [1.82, 2.24) is 25.1 Å². The normalized spacial score (nSPS) is 15.2. The van der Waals surface area contributed by atoms with Crippen molar-refractivity contribution in [2.45, 2.75) is 31.6 Å². The number of amides is 1. The number of nitrogens with zero attached hydrogens (tertiary/aromatic N) is 4. The van der Waals surface area contributed by atoms with E-state index < -0.39 is 17.0 Å². The minimum Gasteiger partial charge on any atom is -0.497 e. The van der Waals surface area contributed by atoms with E-state index >= 15 is 0 Å². The molecule has 0 radical (unpaired) electrons. The zero-order valence-corrected chi connectivity index (χ0v) is 24.3. The van der Waals surface area contributed by atoms with E-state index in [0.29, 0.717) is 47.0 Å². The number of hydrogen-bond acceptors (Lipinski definition) is 9. The second kappa shape index (κ2) is 12.5. The highest BCUT2D eigenvalue weighted by molar-refractivity contribution is 7.15. The van der Waals surface area contributed by atoms with Crippen LogP contribution in [0.3, 0.4) is 0 Å². The number of thiazole rings is 1. The van der Waals surface area contributed by atoms with E-state index in [4.69, 9.17) is 14.6 Å². The maximum atomic E-state index is 12.9. The number of halogens is 3. The van der Waals surface area contributed by atoms with Gasteiger partial charge in [0.15, 0.2) is 16.6 Å². The smallest absolute Gasteiger partial charge is 0.427 e. The number of fused-ring (bicyclic) bond motifs is 1. The van der Waals surface area contributed by atoms with Crippen LogP contribution in [0.15, 0.2) is 67.0 Å². The Labute approximate surface area is 254 Å². The molecule has 3 N–H and O–H groups in total. The predicted molar refractivity (Wildman–Crippen MR) is 161 cm³/mol. The Kier molecular flexibility index (Phi) is 8.35. The molecular weight excluding hydrogens is 595 g/mol. The van der Waals surface area contributed by atoms with Crippen molar-refractivity contribution >= 4 is 39.2 Å². The van der Waals surface area contributed by atoms with Gasteiger partial charge in [-0.2, -0.15) is 18.3 Å². The Bertz CT molecular complexity index is 1750. The van der Waals surface area contributed by atoms with Crippen molar-refractivity contribution in [3.63, 3.8) is 0 Å². The fraction of sp³-hybridized carbons (Fsp3) is 0.267. The molecule has 1 amide bonds. The van der Waals surface area contributed by atoms with Crippen molar-refractivity contribution < 1.29 is 27.4 Å². The number of nitrogens with one attached hydrogen (secondary N) is 3. The number of ether oxygens (including phenoxy) is 2. The number of carbonyl (C=O) groups excluding carboxylic acids is 1. The number of rotatable bonds is 9. The molecule has 2 aromatic carbocycles. The van der Waals surface area contributed by atoms with Crippen LogP contribution < -0.4 is 25.4 Å². The number of anilines is 2. The molecule has 6 rings (SSSR count). The first-order valence-corrected chi connectivity index (χ1v) is 14.7. The number of pyridine rings is 1. The van der Waals surface area contributed by atoms with Crippen molar-refractivity contribution in [3.8, 4) is 17.2 Å². The molecule has 1 aliphatic heterocycles. The van der Waals surface area contributed by atoms with E-state index in [0.717, 1.165) is 42.6 Å². The summed E-state index contributed by atoms with van der Waals surface area (Å²) in [7, 11) is 1.63. The summed E-state index contributed by atoms with van der Waals surface area (Å²) in [6.45, 7) is 2.27. The third kappa shape index (κ3) is 6.60. The van der Waals surface area contributed by atoms with E-state index in [-0.39, 0.29) is 16.7 Å². The predicted octanol–water partition coefficient (Wildman–Crippen LogP) is 6.17. The molecular formula is C30H28F3N7O3S. The lowest BCUT2D eigenvalue weighted by Gasteiger charge is -2.23. The van der Waals surface area contributed by atoms with Crippen LogP contribution >= 0.6 is 11.3 Å². The lowest BCUT2D eigenvalue weighted by atomic mass is 10.1. The van der Waals surface area contributed by atoms with Crippen LogP contribution in [0.5, 0.6) is 17.2 Å². The zero-order valence-electron chi connectivity index (χ0n) is 23.5. The lowest BCUT2D eigenvalue weighted by Crippen LogP contribution is -2.38. The third-order valence-electron chi connectivity index (χ3n) is 7.07. The van der Waals surface area contributed by atoms with Crippen molar-refractivity contribution in [2.75, 3.05) is 30.8 Å². The third-order valence-corrected chi connectivity index (χ3v) is 8.03. The summed E-state index contributed by atoms with van der Waals surface area (Å²) in [5.41, 5.74) is 1.90. The second-order valence-corrected chi connectivity index (χ2v) is 11.2. The lowest BCUT2D eigenvalue weighted by molar-refractivity contribution is -0.134. The van der Waals surface area contributed by atoms with Gasteiger partial charge in [-0.15, -0.1) is 0 Å². The van der Waals surface area contributed by atoms with Gasteiger partial charge < -0.3 is 20.1 Å². The first kappa shape index (κ1) is 29.4. The average Bonchev–Trinajstić information content (AvgIpc) is 3.64. The van der Waals surface area contributed by atoms with Gasteiger partial charge in [0.05, 0.1) is 19.9 Å². The van der Waals surface area contributed by atoms with Gasteiger partial charge in [0.25, 0.3) is 5.91 Å². The highest BCUT2D eigenvalue weighted by atomic mass is 32.1. The number of hydrogen-bond donors (Lipinski definition) is 3. The van der Waals surface area contributed by atoms with Gasteiger partial charge in [0.2, 0.25) is 0 Å². The summed E-state index contributed by atoms with van der Waals surface area (Å²) < 4.78 is 52.0. The molecule has 5 aromatic rings. The van der Waals surface area contributed by atoms with E-state index in [2.05, 4.69) is 25.9 Å². The van der Waals surface area contributed by atoms with Crippen LogP contribution in [0, 0.1) is 0 Å². The fourth-order valence-electron chi connectivity index (χ4n) is 4.87. The molecule has 14 heteroatoms. The summed E-state index contributed by atoms with van der Waals surface area (Å²) in [4.78, 5) is 20.0. The Hall–Kier alpha value is -4.69. The molecule has 1 atom stereocenters. The molecule has 228 valence electrons. The number of alkyl halides is 3. The monoisotopic (exact) mass is 623 g/mol. The van der Waals surface area contributed by atoms with Crippen molar-refractivity contribution in [2.24, 2.45) is 0 Å². The molecule has 0 aliphatic carbocycles. The fourth-order valence-corrected chi connectivity index (χ4v) is 5.55. The molecule has 1 fully saturated rings. The zero-order chi connectivity index (χ0) is 30.7. The van der Waals surface area contributed by atoms with Gasteiger partial charge in [-0.3, -0.25) is 10.1 Å². The van der Waals surface area contributed by atoms with Crippen molar-refractivity contribution in [3.05, 3.63) is 83.0 Å². The first-order chi connectivity index (χ1) is 21.3. The Morgan fingerprint density at radius 3 is 2.55 bits per heavy atom. The second-order valence-electron chi connectivity index (χ2n) is 10.2. The molecule has 1 aliphatic rings. The molecule has 1 saturated heterocycles. The minimum absolute atomic E-state index is 0.137. The van der Waals surface area contributed by atoms with Crippen LogP contribution in [0.2, 0.25) is 0 Å². The van der Waals surface area contributed by atoms with E-state index in [1.54, 1.807) is 31.5 Å². The molecule has 44 heavy (non-hydrogen) atoms. The number of carbonyl (C=O) groups is 1. The molecule has 0 bridgehead atoms.